The van der Waals surface area contributed by atoms with Gasteiger partial charge < -0.3 is 5.11 Å². The molecule has 0 radical (unpaired) electrons. The lowest BCUT2D eigenvalue weighted by atomic mass is 10.1. The van der Waals surface area contributed by atoms with Crippen LogP contribution in [0.3, 0.4) is 0 Å². The Morgan fingerprint density at radius 2 is 2.29 bits per heavy atom. The predicted octanol–water partition coefficient (Wildman–Crippen LogP) is 3.58. The molecule has 3 aromatic rings. The van der Waals surface area contributed by atoms with Crippen molar-refractivity contribution in [1.82, 2.24) is 9.38 Å². The number of ketones is 1. The van der Waals surface area contributed by atoms with Gasteiger partial charge in [-0.25, -0.2) is 4.98 Å². The maximum Gasteiger partial charge on any atom is 0.195 e. The molecule has 1 aliphatic carbocycles. The van der Waals surface area contributed by atoms with Gasteiger partial charge >= 0.3 is 0 Å². The molecular weight excluding hydrogens is 308 g/mol. The second kappa shape index (κ2) is 4.44. The number of allylic oxidation sites excluding steroid dienone is 1. The van der Waals surface area contributed by atoms with Gasteiger partial charge in [-0.2, -0.15) is 0 Å². The number of benzene rings is 1. The highest BCUT2D eigenvalue weighted by Crippen LogP contribution is 2.34. The number of halogens is 1. The molecule has 0 aliphatic heterocycles. The highest BCUT2D eigenvalue weighted by atomic mass is 35.5. The first-order valence-corrected chi connectivity index (χ1v) is 7.58. The largest absolute Gasteiger partial charge is 0.508 e. The molecule has 0 bridgehead atoms. The van der Waals surface area contributed by atoms with Crippen molar-refractivity contribution in [3.63, 3.8) is 0 Å². The monoisotopic (exact) mass is 316 g/mol. The molecule has 0 amide bonds. The van der Waals surface area contributed by atoms with Crippen LogP contribution in [0.5, 0.6) is 5.75 Å². The molecule has 0 unspecified atom stereocenters. The Bertz CT molecular complexity index is 923. The quantitative estimate of drug-likeness (QED) is 0.698. The molecule has 4 nitrogen and oxygen atoms in total. The van der Waals surface area contributed by atoms with E-state index in [-0.39, 0.29) is 11.5 Å². The minimum Gasteiger partial charge on any atom is -0.508 e. The molecule has 1 N–H and O–H groups in total. The number of aromatic nitrogens is 2. The van der Waals surface area contributed by atoms with Crippen LogP contribution in [0.1, 0.15) is 21.6 Å². The van der Waals surface area contributed by atoms with Crippen molar-refractivity contribution in [3.05, 3.63) is 57.3 Å². The Balaban J connectivity index is 1.85. The fraction of sp³-hybridized carbons (Fsp3) is 0.0667. The number of hydrogen-bond donors (Lipinski definition) is 1. The van der Waals surface area contributed by atoms with Gasteiger partial charge in [0.05, 0.1) is 5.69 Å². The van der Waals surface area contributed by atoms with E-state index in [1.807, 2.05) is 16.0 Å². The molecule has 4 rings (SSSR count). The van der Waals surface area contributed by atoms with Gasteiger partial charge in [-0.15, -0.1) is 11.3 Å². The van der Waals surface area contributed by atoms with Crippen LogP contribution in [-0.2, 0) is 6.42 Å². The Labute approximate surface area is 128 Å². The number of nitrogens with zero attached hydrogens (tertiary/aromatic N) is 2. The Kier molecular flexibility index (Phi) is 2.67. The fourth-order valence-corrected chi connectivity index (χ4v) is 3.60. The minimum atomic E-state index is -0.0675. The summed E-state index contributed by atoms with van der Waals surface area (Å²) in [6, 6.07) is 5.01. The number of imidazole rings is 1. The van der Waals surface area contributed by atoms with E-state index >= 15 is 0 Å². The smallest absolute Gasteiger partial charge is 0.195 e. The zero-order valence-electron chi connectivity index (χ0n) is 10.7. The molecule has 0 atom stereocenters. The first-order valence-electron chi connectivity index (χ1n) is 6.32. The highest BCUT2D eigenvalue weighted by Gasteiger charge is 2.27. The van der Waals surface area contributed by atoms with E-state index in [1.165, 1.54) is 11.3 Å². The summed E-state index contributed by atoms with van der Waals surface area (Å²) >= 11 is 7.63. The molecule has 2 aromatic heterocycles. The van der Waals surface area contributed by atoms with E-state index in [4.69, 9.17) is 11.6 Å². The summed E-state index contributed by atoms with van der Waals surface area (Å²) in [5, 5.41) is 12.2. The van der Waals surface area contributed by atoms with Crippen molar-refractivity contribution in [3.8, 4) is 5.75 Å². The summed E-state index contributed by atoms with van der Waals surface area (Å²) in [5.74, 6) is 0.0893. The van der Waals surface area contributed by atoms with E-state index in [0.717, 1.165) is 4.96 Å². The summed E-state index contributed by atoms with van der Waals surface area (Å²) < 4.78 is 1.86. The SMILES string of the molecule is O=C1C(=Cc2c(Cl)nc3sccn23)Cc2c(O)cccc21. The molecule has 0 saturated carbocycles. The third-order valence-electron chi connectivity index (χ3n) is 3.62. The van der Waals surface area contributed by atoms with E-state index in [2.05, 4.69) is 4.98 Å². The Morgan fingerprint density at radius 1 is 1.43 bits per heavy atom. The summed E-state index contributed by atoms with van der Waals surface area (Å²) in [6.07, 6.45) is 4.04. The van der Waals surface area contributed by atoms with Crippen molar-refractivity contribution in [2.75, 3.05) is 0 Å². The molecule has 2 heterocycles. The van der Waals surface area contributed by atoms with Crippen LogP contribution in [0, 0.1) is 0 Å². The van der Waals surface area contributed by atoms with Crippen LogP contribution in [0.4, 0.5) is 0 Å². The first-order chi connectivity index (χ1) is 10.1. The van der Waals surface area contributed by atoms with Gasteiger partial charge in [0.15, 0.2) is 15.9 Å². The number of carbonyl (C=O) groups is 1. The summed E-state index contributed by atoms with van der Waals surface area (Å²) in [5.41, 5.74) is 2.55. The second-order valence-electron chi connectivity index (χ2n) is 4.82. The molecule has 1 aliphatic rings. The average molecular weight is 317 g/mol. The van der Waals surface area contributed by atoms with Crippen LogP contribution in [-0.4, -0.2) is 20.3 Å². The van der Waals surface area contributed by atoms with E-state index in [1.54, 1.807) is 24.3 Å². The van der Waals surface area contributed by atoms with Gasteiger partial charge in [0.1, 0.15) is 5.75 Å². The van der Waals surface area contributed by atoms with Crippen LogP contribution < -0.4 is 0 Å². The van der Waals surface area contributed by atoms with Gasteiger partial charge in [-0.3, -0.25) is 9.20 Å². The Morgan fingerprint density at radius 3 is 3.10 bits per heavy atom. The number of rotatable bonds is 1. The number of phenolic OH excluding ortho intramolecular Hbond substituents is 1. The minimum absolute atomic E-state index is 0.0675. The van der Waals surface area contributed by atoms with Crippen molar-refractivity contribution < 1.29 is 9.90 Å². The van der Waals surface area contributed by atoms with Crippen LogP contribution >= 0.6 is 22.9 Å². The third-order valence-corrected chi connectivity index (χ3v) is 4.65. The van der Waals surface area contributed by atoms with Gasteiger partial charge in [-0.1, -0.05) is 23.7 Å². The Hall–Kier alpha value is -2.11. The van der Waals surface area contributed by atoms with Crippen LogP contribution in [0.2, 0.25) is 5.15 Å². The number of fused-ring (bicyclic) bond motifs is 2. The predicted molar refractivity (Wildman–Crippen MR) is 82.2 cm³/mol. The van der Waals surface area contributed by atoms with E-state index in [9.17, 15) is 9.90 Å². The number of phenols is 1. The molecule has 6 heteroatoms. The van der Waals surface area contributed by atoms with Crippen LogP contribution in [0.25, 0.3) is 11.0 Å². The van der Waals surface area contributed by atoms with Gasteiger partial charge in [-0.05, 0) is 12.1 Å². The molecule has 21 heavy (non-hydrogen) atoms. The van der Waals surface area contributed by atoms with Gasteiger partial charge in [0, 0.05) is 34.7 Å². The molecule has 1 aromatic carbocycles. The van der Waals surface area contributed by atoms with Gasteiger partial charge in [0.25, 0.3) is 0 Å². The fourth-order valence-electron chi connectivity index (χ4n) is 2.60. The maximum absolute atomic E-state index is 12.4. The van der Waals surface area contributed by atoms with Gasteiger partial charge in [0.2, 0.25) is 0 Å². The number of Topliss-reactive ketones (excluding diaryl/α,β-unsaturated/α-hetero) is 1. The molecule has 0 fully saturated rings. The topological polar surface area (TPSA) is 54.6 Å². The lowest BCUT2D eigenvalue weighted by molar-refractivity contribution is 0.104. The number of carbonyl (C=O) groups excluding carboxylic acids is 1. The summed E-state index contributed by atoms with van der Waals surface area (Å²) in [6.45, 7) is 0. The lowest BCUT2D eigenvalue weighted by Gasteiger charge is -1.98. The summed E-state index contributed by atoms with van der Waals surface area (Å²) in [7, 11) is 0. The lowest BCUT2D eigenvalue weighted by Crippen LogP contribution is -1.96. The van der Waals surface area contributed by atoms with Crippen molar-refractivity contribution in [2.45, 2.75) is 6.42 Å². The zero-order chi connectivity index (χ0) is 14.6. The maximum atomic E-state index is 12.4. The number of aromatic hydroxyl groups is 1. The van der Waals surface area contributed by atoms with Crippen molar-refractivity contribution >= 4 is 39.8 Å². The molecule has 0 saturated heterocycles. The average Bonchev–Trinajstić information content (AvgIpc) is 3.10. The van der Waals surface area contributed by atoms with Crippen molar-refractivity contribution in [1.29, 1.82) is 0 Å². The van der Waals surface area contributed by atoms with E-state index < -0.39 is 0 Å². The number of thiazole rings is 1. The zero-order valence-corrected chi connectivity index (χ0v) is 12.3. The second-order valence-corrected chi connectivity index (χ2v) is 6.05. The molecular formula is C15H9ClN2O2S. The van der Waals surface area contributed by atoms with Crippen LogP contribution in [0.15, 0.2) is 35.3 Å². The highest BCUT2D eigenvalue weighted by molar-refractivity contribution is 7.15. The number of hydrogen-bond acceptors (Lipinski definition) is 4. The first kappa shape index (κ1) is 12.6. The normalized spacial score (nSPS) is 16.0. The molecule has 0 spiro atoms. The third kappa shape index (κ3) is 1.81. The van der Waals surface area contributed by atoms with Crippen molar-refractivity contribution in [2.24, 2.45) is 0 Å². The molecule has 104 valence electrons. The van der Waals surface area contributed by atoms with E-state index in [0.29, 0.717) is 34.0 Å². The standard InChI is InChI=1S/C15H9ClN2O2S/c16-14-11(18-4-5-21-15(18)17-14)7-8-6-10-9(13(8)20)2-1-3-12(10)19/h1-5,7,19H,6H2. The summed E-state index contributed by atoms with van der Waals surface area (Å²) in [4.78, 5) is 17.4.